The molecule has 0 spiro atoms. The second-order valence-corrected chi connectivity index (χ2v) is 7.88. The van der Waals surface area contributed by atoms with Crippen LogP contribution in [0.4, 0.5) is 5.69 Å². The highest BCUT2D eigenvalue weighted by Crippen LogP contribution is 2.21. The van der Waals surface area contributed by atoms with Gasteiger partial charge in [-0.25, -0.2) is 8.42 Å². The molecule has 27 heavy (non-hydrogen) atoms. The molecule has 0 saturated heterocycles. The number of carbonyl (C=O) groups excluding carboxylic acids is 1. The van der Waals surface area contributed by atoms with Gasteiger partial charge in [-0.05, 0) is 30.7 Å². The third kappa shape index (κ3) is 4.65. The number of nitrogens with zero attached hydrogens (tertiary/aromatic N) is 2. The summed E-state index contributed by atoms with van der Waals surface area (Å²) in [7, 11) is -1.57. The minimum atomic E-state index is -3.58. The van der Waals surface area contributed by atoms with Crippen molar-refractivity contribution in [2.75, 3.05) is 31.6 Å². The minimum absolute atomic E-state index is 0.124. The molecule has 3 rings (SSSR count). The second-order valence-electron chi connectivity index (χ2n) is 6.23. The highest BCUT2D eigenvalue weighted by Gasteiger charge is 2.30. The third-order valence-corrected chi connectivity index (χ3v) is 5.63. The van der Waals surface area contributed by atoms with E-state index < -0.39 is 10.0 Å². The molecular formula is C19H22N4O3S. The minimum Gasteiger partial charge on any atom is -0.375 e. The first-order chi connectivity index (χ1) is 13.0. The number of amides is 1. The maximum atomic E-state index is 12.0. The van der Waals surface area contributed by atoms with Gasteiger partial charge in [-0.1, -0.05) is 30.3 Å². The molecule has 8 heteroatoms. The maximum Gasteiger partial charge on any atom is 0.263 e. The van der Waals surface area contributed by atoms with E-state index in [2.05, 4.69) is 19.9 Å². The molecule has 0 unspecified atom stereocenters. The molecule has 0 fully saturated rings. The van der Waals surface area contributed by atoms with Crippen LogP contribution in [-0.4, -0.2) is 46.8 Å². The summed E-state index contributed by atoms with van der Waals surface area (Å²) in [6.07, 6.45) is 0.795. The van der Waals surface area contributed by atoms with Crippen molar-refractivity contribution in [3.8, 4) is 0 Å². The summed E-state index contributed by atoms with van der Waals surface area (Å²) in [4.78, 5) is 18.4. The van der Waals surface area contributed by atoms with Crippen LogP contribution in [-0.2, 0) is 14.8 Å². The van der Waals surface area contributed by atoms with Crippen LogP contribution < -0.4 is 14.9 Å². The Hall–Kier alpha value is -2.87. The van der Waals surface area contributed by atoms with Crippen molar-refractivity contribution in [2.45, 2.75) is 11.3 Å². The zero-order chi connectivity index (χ0) is 19.3. The fourth-order valence-corrected chi connectivity index (χ4v) is 4.06. The van der Waals surface area contributed by atoms with Crippen LogP contribution in [0.25, 0.3) is 0 Å². The normalized spacial score (nSPS) is 15.8. The Labute approximate surface area is 159 Å². The summed E-state index contributed by atoms with van der Waals surface area (Å²) in [6.45, 7) is 1.22. The Morgan fingerprint density at radius 3 is 2.59 bits per heavy atom. The summed E-state index contributed by atoms with van der Waals surface area (Å²) in [5.41, 5.74) is 1.62. The van der Waals surface area contributed by atoms with E-state index in [0.29, 0.717) is 12.1 Å². The number of amidine groups is 1. The fraction of sp³-hybridized carbons (Fsp3) is 0.263. The van der Waals surface area contributed by atoms with E-state index in [-0.39, 0.29) is 23.2 Å². The third-order valence-electron chi connectivity index (χ3n) is 4.23. The molecule has 0 saturated carbocycles. The smallest absolute Gasteiger partial charge is 0.263 e. The molecule has 0 bridgehead atoms. The number of para-hydroxylation sites is 1. The monoisotopic (exact) mass is 386 g/mol. The molecule has 7 nitrogen and oxygen atoms in total. The quantitative estimate of drug-likeness (QED) is 0.703. The molecular weight excluding hydrogens is 364 g/mol. The van der Waals surface area contributed by atoms with Crippen molar-refractivity contribution in [3.63, 3.8) is 0 Å². The zero-order valence-corrected chi connectivity index (χ0v) is 15.9. The van der Waals surface area contributed by atoms with Gasteiger partial charge in [0.05, 0.1) is 4.90 Å². The summed E-state index contributed by atoms with van der Waals surface area (Å²) >= 11 is 0. The Kier molecular flexibility index (Phi) is 5.75. The van der Waals surface area contributed by atoms with E-state index in [4.69, 9.17) is 0 Å². The average Bonchev–Trinajstić information content (AvgIpc) is 2.95. The van der Waals surface area contributed by atoms with E-state index in [1.807, 2.05) is 37.4 Å². The number of nitrogens with one attached hydrogen (secondary N) is 2. The van der Waals surface area contributed by atoms with Gasteiger partial charge in [0, 0.05) is 31.4 Å². The van der Waals surface area contributed by atoms with Crippen LogP contribution in [0, 0.1) is 0 Å². The summed E-state index contributed by atoms with van der Waals surface area (Å²) in [6, 6.07) is 16.6. The van der Waals surface area contributed by atoms with Gasteiger partial charge in [-0.15, -0.1) is 0 Å². The van der Waals surface area contributed by atoms with Crippen molar-refractivity contribution < 1.29 is 13.2 Å². The van der Waals surface area contributed by atoms with Gasteiger partial charge >= 0.3 is 0 Å². The predicted octanol–water partition coefficient (Wildman–Crippen LogP) is 1.37. The Morgan fingerprint density at radius 1 is 1.11 bits per heavy atom. The SMILES string of the molecule is CN(CCCNC(=O)CN=C1NS(=O)(=O)c2ccccc21)c1ccccc1. The van der Waals surface area contributed by atoms with Crippen molar-refractivity contribution in [3.05, 3.63) is 60.2 Å². The highest BCUT2D eigenvalue weighted by molar-refractivity contribution is 7.90. The zero-order valence-electron chi connectivity index (χ0n) is 15.1. The number of benzene rings is 2. The fourth-order valence-electron chi connectivity index (χ4n) is 2.81. The second kappa shape index (κ2) is 8.22. The summed E-state index contributed by atoms with van der Waals surface area (Å²) in [5, 5.41) is 2.81. The largest absolute Gasteiger partial charge is 0.375 e. The Bertz CT molecular complexity index is 942. The average molecular weight is 386 g/mol. The molecule has 2 N–H and O–H groups in total. The van der Waals surface area contributed by atoms with Gasteiger partial charge in [0.15, 0.2) is 0 Å². The number of sulfonamides is 1. The Morgan fingerprint density at radius 2 is 1.81 bits per heavy atom. The van der Waals surface area contributed by atoms with Gasteiger partial charge in [0.2, 0.25) is 5.91 Å². The number of hydrogen-bond acceptors (Lipinski definition) is 5. The molecule has 142 valence electrons. The summed E-state index contributed by atoms with van der Waals surface area (Å²) in [5.74, 6) is -0.0296. The van der Waals surface area contributed by atoms with E-state index in [0.717, 1.165) is 18.7 Å². The van der Waals surface area contributed by atoms with Crippen LogP contribution in [0.15, 0.2) is 64.5 Å². The maximum absolute atomic E-state index is 12.0. The number of anilines is 1. The molecule has 0 radical (unpaired) electrons. The molecule has 0 aromatic heterocycles. The van der Waals surface area contributed by atoms with Crippen LogP contribution >= 0.6 is 0 Å². The van der Waals surface area contributed by atoms with Crippen LogP contribution in [0.1, 0.15) is 12.0 Å². The van der Waals surface area contributed by atoms with Crippen LogP contribution in [0.3, 0.4) is 0 Å². The molecule has 1 aliphatic heterocycles. The van der Waals surface area contributed by atoms with E-state index in [1.54, 1.807) is 18.2 Å². The lowest BCUT2D eigenvalue weighted by Crippen LogP contribution is -2.30. The first-order valence-electron chi connectivity index (χ1n) is 8.67. The van der Waals surface area contributed by atoms with E-state index in [9.17, 15) is 13.2 Å². The molecule has 2 aromatic carbocycles. The molecule has 0 aliphatic carbocycles. The van der Waals surface area contributed by atoms with E-state index >= 15 is 0 Å². The molecule has 1 amide bonds. The van der Waals surface area contributed by atoms with Crippen molar-refractivity contribution in [1.82, 2.24) is 10.0 Å². The van der Waals surface area contributed by atoms with Gasteiger partial charge in [-0.3, -0.25) is 14.5 Å². The standard InChI is InChI=1S/C19H22N4O3S/c1-23(15-8-3-2-4-9-15)13-7-12-20-18(24)14-21-19-16-10-5-6-11-17(16)27(25,26)22-19/h2-6,8-11H,7,12-14H2,1H3,(H,20,24)(H,21,22). The molecule has 1 aliphatic rings. The van der Waals surface area contributed by atoms with Gasteiger partial charge < -0.3 is 10.2 Å². The van der Waals surface area contributed by atoms with Crippen molar-refractivity contribution in [2.24, 2.45) is 4.99 Å². The number of fused-ring (bicyclic) bond motifs is 1. The molecule has 1 heterocycles. The van der Waals surface area contributed by atoms with Crippen LogP contribution in [0.2, 0.25) is 0 Å². The van der Waals surface area contributed by atoms with E-state index in [1.165, 1.54) is 6.07 Å². The highest BCUT2D eigenvalue weighted by atomic mass is 32.2. The Balaban J connectivity index is 1.46. The number of aliphatic imine (C=N–C) groups is 1. The van der Waals surface area contributed by atoms with Crippen LogP contribution in [0.5, 0.6) is 0 Å². The van der Waals surface area contributed by atoms with Gasteiger partial charge in [0.1, 0.15) is 12.4 Å². The van der Waals surface area contributed by atoms with Crippen molar-refractivity contribution in [1.29, 1.82) is 0 Å². The summed E-state index contributed by atoms with van der Waals surface area (Å²) < 4.78 is 26.4. The first kappa shape index (κ1) is 18.9. The number of hydrogen-bond donors (Lipinski definition) is 2. The topological polar surface area (TPSA) is 90.9 Å². The predicted molar refractivity (Wildman–Crippen MR) is 106 cm³/mol. The van der Waals surface area contributed by atoms with Crippen molar-refractivity contribution >= 4 is 27.5 Å². The first-order valence-corrected chi connectivity index (χ1v) is 10.2. The number of carbonyl (C=O) groups is 1. The van der Waals surface area contributed by atoms with Gasteiger partial charge in [0.25, 0.3) is 10.0 Å². The van der Waals surface area contributed by atoms with Gasteiger partial charge in [-0.2, -0.15) is 0 Å². The molecule has 0 atom stereocenters. The number of rotatable bonds is 7. The lowest BCUT2D eigenvalue weighted by atomic mass is 10.2. The lowest BCUT2D eigenvalue weighted by molar-refractivity contribution is -0.119. The lowest BCUT2D eigenvalue weighted by Gasteiger charge is -2.19. The molecule has 2 aromatic rings.